The molecule has 0 aromatic carbocycles. The number of hydrogen-bond acceptors (Lipinski definition) is 6. The quantitative estimate of drug-likeness (QED) is 0.777. The second-order valence-electron chi connectivity index (χ2n) is 9.19. The molecule has 2 aromatic rings. The van der Waals surface area contributed by atoms with E-state index in [9.17, 15) is 0 Å². The molecule has 0 saturated carbocycles. The van der Waals surface area contributed by atoms with Crippen molar-refractivity contribution in [1.82, 2.24) is 24.8 Å². The molecule has 2 aromatic heterocycles. The topological polar surface area (TPSA) is 48.4 Å². The summed E-state index contributed by atoms with van der Waals surface area (Å²) in [6, 6.07) is 7.43. The maximum atomic E-state index is 4.96. The highest BCUT2D eigenvalue weighted by Gasteiger charge is 2.35. The van der Waals surface area contributed by atoms with Gasteiger partial charge in [-0.25, -0.2) is 9.97 Å². The molecule has 0 amide bonds. The Hall–Kier alpha value is -2.05. The Labute approximate surface area is 180 Å². The van der Waals surface area contributed by atoms with Crippen LogP contribution in [0.25, 0.3) is 0 Å². The lowest BCUT2D eigenvalue weighted by Crippen LogP contribution is -2.45. The molecule has 0 N–H and O–H groups in total. The number of aryl methyl sites for hydroxylation is 2. The Kier molecular flexibility index (Phi) is 5.70. The second kappa shape index (κ2) is 8.60. The molecular formula is C24H34N6. The zero-order chi connectivity index (χ0) is 20.5. The minimum atomic E-state index is 0.365. The second-order valence-corrected chi connectivity index (χ2v) is 9.19. The van der Waals surface area contributed by atoms with Crippen LogP contribution in [0.5, 0.6) is 0 Å². The minimum absolute atomic E-state index is 0.365. The summed E-state index contributed by atoms with van der Waals surface area (Å²) in [5.74, 6) is 2.01. The van der Waals surface area contributed by atoms with Crippen molar-refractivity contribution in [3.63, 3.8) is 0 Å². The van der Waals surface area contributed by atoms with Crippen LogP contribution in [0.3, 0.4) is 0 Å². The molecule has 0 radical (unpaired) electrons. The van der Waals surface area contributed by atoms with Crippen molar-refractivity contribution in [2.45, 2.75) is 57.5 Å². The van der Waals surface area contributed by atoms with E-state index in [1.165, 1.54) is 55.5 Å². The first-order chi connectivity index (χ1) is 14.7. The van der Waals surface area contributed by atoms with E-state index in [0.29, 0.717) is 12.1 Å². The number of likely N-dealkylation sites (tertiary alicyclic amines) is 1. The normalized spacial score (nSPS) is 25.9. The van der Waals surface area contributed by atoms with Crippen LogP contribution in [0, 0.1) is 6.92 Å². The fourth-order valence-corrected chi connectivity index (χ4v) is 5.49. The van der Waals surface area contributed by atoms with Crippen molar-refractivity contribution in [3.05, 3.63) is 47.2 Å². The van der Waals surface area contributed by atoms with Gasteiger partial charge >= 0.3 is 0 Å². The van der Waals surface area contributed by atoms with Gasteiger partial charge in [-0.2, -0.15) is 0 Å². The minimum Gasteiger partial charge on any atom is -0.354 e. The monoisotopic (exact) mass is 406 g/mol. The summed E-state index contributed by atoms with van der Waals surface area (Å²) in [5.41, 5.74) is 3.95. The molecule has 2 atom stereocenters. The molecule has 4 heterocycles. The number of anilines is 1. The van der Waals surface area contributed by atoms with E-state index in [1.54, 1.807) is 0 Å². The lowest BCUT2D eigenvalue weighted by Gasteiger charge is -2.43. The molecule has 1 aliphatic carbocycles. The smallest absolute Gasteiger partial charge is 0.132 e. The van der Waals surface area contributed by atoms with E-state index < -0.39 is 0 Å². The van der Waals surface area contributed by atoms with Crippen molar-refractivity contribution >= 4 is 5.82 Å². The van der Waals surface area contributed by atoms with Crippen molar-refractivity contribution in [3.8, 4) is 0 Å². The summed E-state index contributed by atoms with van der Waals surface area (Å²) < 4.78 is 0. The molecule has 0 unspecified atom stereocenters. The summed E-state index contributed by atoms with van der Waals surface area (Å²) in [6.07, 6.45) is 9.31. The summed E-state index contributed by atoms with van der Waals surface area (Å²) in [6.45, 7) is 7.46. The SMILES string of the molecule is Cc1nc([C@@H]2CCCCN2[C@@H]2CCCc3cccnc32)cc(N2CCN(C)CC2)n1. The van der Waals surface area contributed by atoms with Gasteiger partial charge in [0.1, 0.15) is 11.6 Å². The summed E-state index contributed by atoms with van der Waals surface area (Å²) in [5, 5.41) is 0. The molecule has 160 valence electrons. The number of hydrogen-bond donors (Lipinski definition) is 0. The van der Waals surface area contributed by atoms with Crippen molar-refractivity contribution in [1.29, 1.82) is 0 Å². The number of pyridine rings is 1. The Balaban J connectivity index is 1.45. The molecule has 6 nitrogen and oxygen atoms in total. The molecule has 2 fully saturated rings. The molecule has 0 spiro atoms. The molecular weight excluding hydrogens is 372 g/mol. The highest BCUT2D eigenvalue weighted by atomic mass is 15.3. The molecule has 2 saturated heterocycles. The third-order valence-electron chi connectivity index (χ3n) is 7.12. The number of nitrogens with zero attached hydrogens (tertiary/aromatic N) is 6. The van der Waals surface area contributed by atoms with E-state index >= 15 is 0 Å². The average Bonchev–Trinajstić information content (AvgIpc) is 2.79. The van der Waals surface area contributed by atoms with Crippen LogP contribution in [0.15, 0.2) is 24.4 Å². The van der Waals surface area contributed by atoms with E-state index in [2.05, 4.69) is 39.9 Å². The number of likely N-dealkylation sites (N-methyl/N-ethyl adjacent to an activating group) is 1. The maximum absolute atomic E-state index is 4.96. The van der Waals surface area contributed by atoms with Gasteiger partial charge in [-0.3, -0.25) is 9.88 Å². The van der Waals surface area contributed by atoms with Crippen molar-refractivity contribution in [2.75, 3.05) is 44.7 Å². The van der Waals surface area contributed by atoms with Gasteiger partial charge < -0.3 is 9.80 Å². The van der Waals surface area contributed by atoms with E-state index in [1.807, 2.05) is 13.1 Å². The largest absolute Gasteiger partial charge is 0.354 e. The lowest BCUT2D eigenvalue weighted by molar-refractivity contribution is 0.0786. The third-order valence-corrected chi connectivity index (χ3v) is 7.12. The van der Waals surface area contributed by atoms with Gasteiger partial charge in [-0.05, 0) is 64.3 Å². The maximum Gasteiger partial charge on any atom is 0.132 e. The zero-order valence-corrected chi connectivity index (χ0v) is 18.4. The number of piperazine rings is 1. The molecule has 2 aliphatic heterocycles. The van der Waals surface area contributed by atoms with Gasteiger partial charge in [0.15, 0.2) is 0 Å². The van der Waals surface area contributed by atoms with E-state index in [-0.39, 0.29) is 0 Å². The summed E-state index contributed by atoms with van der Waals surface area (Å²) in [4.78, 5) is 22.1. The van der Waals surface area contributed by atoms with Gasteiger partial charge in [0.25, 0.3) is 0 Å². The van der Waals surface area contributed by atoms with Gasteiger partial charge in [0, 0.05) is 38.4 Å². The fourth-order valence-electron chi connectivity index (χ4n) is 5.49. The number of piperidine rings is 1. The standard InChI is InChI=1S/C24H34N6/c1-18-26-20(17-23(27-18)29-15-13-28(2)14-16-29)21-9-3-4-12-30(21)22-10-5-7-19-8-6-11-25-24(19)22/h6,8,11,17,21-22H,3-5,7,9-10,12-16H2,1-2H3/t21-,22+/m0/s1. The summed E-state index contributed by atoms with van der Waals surface area (Å²) >= 11 is 0. The Morgan fingerprint density at radius 3 is 2.63 bits per heavy atom. The zero-order valence-electron chi connectivity index (χ0n) is 18.4. The van der Waals surface area contributed by atoms with Gasteiger partial charge in [-0.15, -0.1) is 0 Å². The van der Waals surface area contributed by atoms with Crippen molar-refractivity contribution in [2.24, 2.45) is 0 Å². The van der Waals surface area contributed by atoms with E-state index in [4.69, 9.17) is 15.0 Å². The average molecular weight is 407 g/mol. The number of rotatable bonds is 3. The highest BCUT2D eigenvalue weighted by molar-refractivity contribution is 5.41. The Morgan fingerprint density at radius 2 is 1.77 bits per heavy atom. The van der Waals surface area contributed by atoms with Crippen LogP contribution in [-0.4, -0.2) is 64.5 Å². The van der Waals surface area contributed by atoms with Crippen LogP contribution in [0.1, 0.15) is 67.0 Å². The van der Waals surface area contributed by atoms with Gasteiger partial charge in [0.05, 0.1) is 23.5 Å². The van der Waals surface area contributed by atoms with Crippen LogP contribution in [-0.2, 0) is 6.42 Å². The van der Waals surface area contributed by atoms with Gasteiger partial charge in [0.2, 0.25) is 0 Å². The lowest BCUT2D eigenvalue weighted by atomic mass is 9.87. The first kappa shape index (κ1) is 19.9. The Bertz CT molecular complexity index is 876. The first-order valence-corrected chi connectivity index (χ1v) is 11.7. The van der Waals surface area contributed by atoms with Crippen LogP contribution < -0.4 is 4.90 Å². The first-order valence-electron chi connectivity index (χ1n) is 11.7. The van der Waals surface area contributed by atoms with Crippen LogP contribution in [0.2, 0.25) is 0 Å². The highest BCUT2D eigenvalue weighted by Crippen LogP contribution is 2.42. The third kappa shape index (κ3) is 3.95. The predicted octanol–water partition coefficient (Wildman–Crippen LogP) is 3.54. The number of aromatic nitrogens is 3. The molecule has 0 bridgehead atoms. The van der Waals surface area contributed by atoms with Crippen LogP contribution in [0.4, 0.5) is 5.82 Å². The Morgan fingerprint density at radius 1 is 0.933 bits per heavy atom. The number of fused-ring (bicyclic) bond motifs is 1. The van der Waals surface area contributed by atoms with Gasteiger partial charge in [-0.1, -0.05) is 12.5 Å². The van der Waals surface area contributed by atoms with E-state index in [0.717, 1.165) is 44.4 Å². The molecule has 30 heavy (non-hydrogen) atoms. The van der Waals surface area contributed by atoms with Crippen molar-refractivity contribution < 1.29 is 0 Å². The van der Waals surface area contributed by atoms with Crippen LogP contribution >= 0.6 is 0 Å². The molecule has 3 aliphatic rings. The summed E-state index contributed by atoms with van der Waals surface area (Å²) in [7, 11) is 2.20. The molecule has 6 heteroatoms. The fraction of sp³-hybridized carbons (Fsp3) is 0.625. The predicted molar refractivity (Wildman–Crippen MR) is 120 cm³/mol. The molecule has 5 rings (SSSR count).